The highest BCUT2D eigenvalue weighted by molar-refractivity contribution is 7.92. The van der Waals surface area contributed by atoms with Crippen molar-refractivity contribution in [1.29, 1.82) is 0 Å². The number of halogens is 1. The van der Waals surface area contributed by atoms with Crippen LogP contribution in [-0.4, -0.2) is 24.6 Å². The molecule has 0 heterocycles. The molecule has 0 aliphatic rings. The second kappa shape index (κ2) is 5.63. The van der Waals surface area contributed by atoms with Gasteiger partial charge in [-0.15, -0.1) is 0 Å². The van der Waals surface area contributed by atoms with Crippen molar-refractivity contribution < 1.29 is 23.4 Å². The maximum absolute atomic E-state index is 12.2. The summed E-state index contributed by atoms with van der Waals surface area (Å²) in [5.74, 6) is -2.02. The van der Waals surface area contributed by atoms with Gasteiger partial charge in [0.15, 0.2) is 5.75 Å². The molecule has 0 aliphatic heterocycles. The number of carboxylic acid groups (broad SMARTS) is 1. The van der Waals surface area contributed by atoms with Gasteiger partial charge in [-0.1, -0.05) is 23.7 Å². The number of aromatic hydroxyl groups is 1. The third-order valence-electron chi connectivity index (χ3n) is 2.62. The van der Waals surface area contributed by atoms with Crippen LogP contribution < -0.4 is 4.72 Å². The van der Waals surface area contributed by atoms with Crippen molar-refractivity contribution in [2.75, 3.05) is 4.72 Å². The molecule has 0 spiro atoms. The molecule has 3 N–H and O–H groups in total. The Morgan fingerprint density at radius 1 is 1.14 bits per heavy atom. The van der Waals surface area contributed by atoms with E-state index in [4.69, 9.17) is 16.7 Å². The first-order valence-electron chi connectivity index (χ1n) is 5.65. The van der Waals surface area contributed by atoms with Gasteiger partial charge < -0.3 is 10.2 Å². The number of sulfonamides is 1. The second-order valence-corrected chi connectivity index (χ2v) is 6.19. The van der Waals surface area contributed by atoms with E-state index in [1.807, 2.05) is 0 Å². The Balaban J connectivity index is 2.42. The Labute approximate surface area is 125 Å². The van der Waals surface area contributed by atoms with Gasteiger partial charge in [0.05, 0.1) is 10.6 Å². The van der Waals surface area contributed by atoms with E-state index in [-0.39, 0.29) is 15.6 Å². The number of carbonyl (C=O) groups is 1. The van der Waals surface area contributed by atoms with Crippen LogP contribution in [0.5, 0.6) is 5.75 Å². The van der Waals surface area contributed by atoms with Crippen LogP contribution in [0, 0.1) is 0 Å². The average molecular weight is 328 g/mol. The Bertz CT molecular complexity index is 804. The molecule has 0 fully saturated rings. The highest BCUT2D eigenvalue weighted by atomic mass is 35.5. The van der Waals surface area contributed by atoms with Crippen molar-refractivity contribution in [2.24, 2.45) is 0 Å². The average Bonchev–Trinajstić information content (AvgIpc) is 2.40. The van der Waals surface area contributed by atoms with E-state index >= 15 is 0 Å². The molecule has 110 valence electrons. The molecule has 21 heavy (non-hydrogen) atoms. The predicted molar refractivity (Wildman–Crippen MR) is 77.3 cm³/mol. The van der Waals surface area contributed by atoms with Crippen LogP contribution in [0.15, 0.2) is 47.4 Å². The van der Waals surface area contributed by atoms with Crippen molar-refractivity contribution in [1.82, 2.24) is 0 Å². The summed E-state index contributed by atoms with van der Waals surface area (Å²) < 4.78 is 26.4. The van der Waals surface area contributed by atoms with Crippen molar-refractivity contribution in [3.63, 3.8) is 0 Å². The molecule has 0 amide bonds. The molecular formula is C13H10ClNO5S. The summed E-state index contributed by atoms with van der Waals surface area (Å²) >= 11 is 5.73. The van der Waals surface area contributed by atoms with Crippen LogP contribution in [0.2, 0.25) is 5.02 Å². The summed E-state index contributed by atoms with van der Waals surface area (Å²) in [6, 6.07) is 9.28. The lowest BCUT2D eigenvalue weighted by Gasteiger charge is -2.11. The van der Waals surface area contributed by atoms with E-state index in [1.54, 1.807) is 0 Å². The van der Waals surface area contributed by atoms with Gasteiger partial charge in [-0.3, -0.25) is 4.72 Å². The highest BCUT2D eigenvalue weighted by Crippen LogP contribution is 2.29. The topological polar surface area (TPSA) is 104 Å². The summed E-state index contributed by atoms with van der Waals surface area (Å²) in [5, 5.41) is 18.9. The largest absolute Gasteiger partial charge is 0.505 e. The fourth-order valence-corrected chi connectivity index (χ4v) is 3.00. The lowest BCUT2D eigenvalue weighted by molar-refractivity contribution is 0.0694. The zero-order valence-electron chi connectivity index (χ0n) is 10.4. The number of para-hydroxylation sites is 1. The number of phenols is 1. The van der Waals surface area contributed by atoms with E-state index in [2.05, 4.69) is 4.72 Å². The minimum atomic E-state index is -3.99. The number of rotatable bonds is 4. The van der Waals surface area contributed by atoms with Gasteiger partial charge in [0.25, 0.3) is 10.0 Å². The maximum atomic E-state index is 12.2. The van der Waals surface area contributed by atoms with Gasteiger partial charge in [-0.2, -0.15) is 0 Å². The molecule has 0 radical (unpaired) electrons. The minimum absolute atomic E-state index is 0.102. The Morgan fingerprint density at radius 3 is 2.43 bits per heavy atom. The lowest BCUT2D eigenvalue weighted by Crippen LogP contribution is -2.13. The van der Waals surface area contributed by atoms with Gasteiger partial charge in [0, 0.05) is 5.02 Å². The van der Waals surface area contributed by atoms with Crippen LogP contribution >= 0.6 is 11.6 Å². The molecule has 0 bridgehead atoms. The van der Waals surface area contributed by atoms with Gasteiger partial charge in [0.2, 0.25) is 0 Å². The molecule has 0 saturated carbocycles. The van der Waals surface area contributed by atoms with E-state index < -0.39 is 27.3 Å². The predicted octanol–water partition coefficient (Wildman–Crippen LogP) is 2.54. The smallest absolute Gasteiger partial charge is 0.339 e. The summed E-state index contributed by atoms with van der Waals surface area (Å²) in [6.07, 6.45) is 0. The van der Waals surface area contributed by atoms with E-state index in [1.165, 1.54) is 36.4 Å². The fourth-order valence-electron chi connectivity index (χ4n) is 1.64. The number of carboxylic acids is 1. The lowest BCUT2D eigenvalue weighted by atomic mass is 10.2. The molecule has 0 atom stereocenters. The van der Waals surface area contributed by atoms with Crippen molar-refractivity contribution in [3.05, 3.63) is 53.1 Å². The molecule has 0 aromatic heterocycles. The van der Waals surface area contributed by atoms with Gasteiger partial charge in [0.1, 0.15) is 5.56 Å². The monoisotopic (exact) mass is 327 g/mol. The SMILES string of the molecule is O=C(O)c1cccc(NS(=O)(=O)c2cccc(Cl)c2)c1O. The molecule has 8 heteroatoms. The molecule has 2 rings (SSSR count). The molecule has 0 aliphatic carbocycles. The number of hydrogen-bond donors (Lipinski definition) is 3. The van der Waals surface area contributed by atoms with Crippen molar-refractivity contribution in [3.8, 4) is 5.75 Å². The third kappa shape index (κ3) is 3.26. The molecule has 2 aromatic rings. The van der Waals surface area contributed by atoms with Crippen molar-refractivity contribution in [2.45, 2.75) is 4.90 Å². The first kappa shape index (κ1) is 15.1. The van der Waals surface area contributed by atoms with Gasteiger partial charge >= 0.3 is 5.97 Å². The van der Waals surface area contributed by atoms with Crippen LogP contribution in [0.4, 0.5) is 5.69 Å². The maximum Gasteiger partial charge on any atom is 0.339 e. The summed E-state index contributed by atoms with van der Waals surface area (Å²) in [4.78, 5) is 10.8. The molecule has 6 nitrogen and oxygen atoms in total. The van der Waals surface area contributed by atoms with Crippen LogP contribution in [0.25, 0.3) is 0 Å². The number of nitrogens with one attached hydrogen (secondary N) is 1. The summed E-state index contributed by atoms with van der Waals surface area (Å²) in [7, 11) is -3.99. The second-order valence-electron chi connectivity index (χ2n) is 4.07. The Kier molecular flexibility index (Phi) is 4.06. The Morgan fingerprint density at radius 2 is 1.81 bits per heavy atom. The third-order valence-corrected chi connectivity index (χ3v) is 4.22. The van der Waals surface area contributed by atoms with Gasteiger partial charge in [-0.25, -0.2) is 13.2 Å². The van der Waals surface area contributed by atoms with Gasteiger partial charge in [-0.05, 0) is 30.3 Å². The van der Waals surface area contributed by atoms with E-state index in [9.17, 15) is 18.3 Å². The molecule has 2 aromatic carbocycles. The first-order valence-corrected chi connectivity index (χ1v) is 7.51. The summed E-state index contributed by atoms with van der Waals surface area (Å²) in [5.41, 5.74) is -0.629. The first-order chi connectivity index (χ1) is 9.81. The normalized spacial score (nSPS) is 11.1. The molecule has 0 unspecified atom stereocenters. The number of benzene rings is 2. The summed E-state index contributed by atoms with van der Waals surface area (Å²) in [6.45, 7) is 0. The quantitative estimate of drug-likeness (QED) is 0.749. The van der Waals surface area contributed by atoms with Crippen LogP contribution in [0.1, 0.15) is 10.4 Å². The van der Waals surface area contributed by atoms with Crippen molar-refractivity contribution >= 4 is 33.3 Å². The zero-order valence-corrected chi connectivity index (χ0v) is 12.0. The minimum Gasteiger partial charge on any atom is -0.505 e. The molecular weight excluding hydrogens is 318 g/mol. The highest BCUT2D eigenvalue weighted by Gasteiger charge is 2.19. The van der Waals surface area contributed by atoms with Crippen LogP contribution in [-0.2, 0) is 10.0 Å². The fraction of sp³-hybridized carbons (Fsp3) is 0. The zero-order chi connectivity index (χ0) is 15.6. The Hall–Kier alpha value is -2.25. The molecule has 0 saturated heterocycles. The van der Waals surface area contributed by atoms with E-state index in [0.717, 1.165) is 6.07 Å². The van der Waals surface area contributed by atoms with Crippen LogP contribution in [0.3, 0.4) is 0 Å². The number of anilines is 1. The number of hydrogen-bond acceptors (Lipinski definition) is 4. The van der Waals surface area contributed by atoms with E-state index in [0.29, 0.717) is 0 Å². The standard InChI is InChI=1S/C13H10ClNO5S/c14-8-3-1-4-9(7-8)21(19,20)15-11-6-2-5-10(12(11)16)13(17)18/h1-7,15-16H,(H,17,18). The number of aromatic carboxylic acids is 1.